The van der Waals surface area contributed by atoms with Crippen molar-refractivity contribution in [1.29, 1.82) is 0 Å². The van der Waals surface area contributed by atoms with Crippen molar-refractivity contribution in [3.63, 3.8) is 0 Å². The summed E-state index contributed by atoms with van der Waals surface area (Å²) < 4.78 is 7.68. The second-order valence-corrected chi connectivity index (χ2v) is 10.1. The fourth-order valence-electron chi connectivity index (χ4n) is 2.36. The maximum Gasteiger partial charge on any atom is 0.264 e. The zero-order chi connectivity index (χ0) is 20.4. The van der Waals surface area contributed by atoms with Gasteiger partial charge >= 0.3 is 0 Å². The van der Waals surface area contributed by atoms with Crippen LogP contribution in [0.25, 0.3) is 6.08 Å². The van der Waals surface area contributed by atoms with Crippen LogP contribution in [0, 0.1) is 0 Å². The summed E-state index contributed by atoms with van der Waals surface area (Å²) in [6.45, 7) is 0. The molecule has 0 unspecified atom stereocenters. The first-order chi connectivity index (χ1) is 14.0. The summed E-state index contributed by atoms with van der Waals surface area (Å²) >= 11 is 15.6. The van der Waals surface area contributed by atoms with Gasteiger partial charge in [0.05, 0.1) is 15.1 Å². The van der Waals surface area contributed by atoms with Crippen molar-refractivity contribution in [3.05, 3.63) is 79.2 Å². The number of nitrogens with one attached hydrogen (secondary N) is 1. The number of amides is 1. The first-order valence-electron chi connectivity index (χ1n) is 8.24. The van der Waals surface area contributed by atoms with Crippen LogP contribution in [0.1, 0.15) is 5.76 Å². The van der Waals surface area contributed by atoms with Crippen LogP contribution in [0.3, 0.4) is 0 Å². The molecule has 1 saturated heterocycles. The Bertz CT molecular complexity index is 1130. The van der Waals surface area contributed by atoms with Crippen LogP contribution in [-0.4, -0.2) is 11.1 Å². The summed E-state index contributed by atoms with van der Waals surface area (Å²) in [5, 5.41) is 4.69. The zero-order valence-corrected chi connectivity index (χ0v) is 20.0. The SMILES string of the molecule is O=C1NC(=Nc2ccc(Br)cc2)S/C1=C\c1cc(Br)c(Sc2ccc(Cl)cc2)o1. The predicted molar refractivity (Wildman–Crippen MR) is 127 cm³/mol. The van der Waals surface area contributed by atoms with Crippen LogP contribution >= 0.6 is 67.0 Å². The minimum Gasteiger partial charge on any atom is -0.449 e. The molecule has 1 amide bonds. The number of halogens is 3. The van der Waals surface area contributed by atoms with E-state index in [1.807, 2.05) is 54.6 Å². The summed E-state index contributed by atoms with van der Waals surface area (Å²) in [6, 6.07) is 16.9. The minimum absolute atomic E-state index is 0.203. The van der Waals surface area contributed by atoms with Crippen molar-refractivity contribution < 1.29 is 9.21 Å². The number of hydrogen-bond donors (Lipinski definition) is 1. The van der Waals surface area contributed by atoms with Crippen LogP contribution in [0.15, 0.2) is 87.8 Å². The average molecular weight is 571 g/mol. The number of thioether (sulfide) groups is 1. The van der Waals surface area contributed by atoms with E-state index in [0.29, 0.717) is 25.9 Å². The standard InChI is InChI=1S/C20H11Br2ClN2O2S2/c21-11-1-5-13(6-2-11)24-20-25-18(26)17(29-20)10-14-9-16(22)19(27-14)28-15-7-3-12(23)4-8-15/h1-10H,(H,24,25,26)/b17-10-. The highest BCUT2D eigenvalue weighted by Crippen LogP contribution is 2.38. The van der Waals surface area contributed by atoms with Crippen LogP contribution in [-0.2, 0) is 4.79 Å². The van der Waals surface area contributed by atoms with E-state index in [4.69, 9.17) is 16.0 Å². The van der Waals surface area contributed by atoms with Crippen LogP contribution in [0.4, 0.5) is 5.69 Å². The molecule has 4 rings (SSSR count). The Labute approximate surface area is 197 Å². The smallest absolute Gasteiger partial charge is 0.264 e. The van der Waals surface area contributed by atoms with Gasteiger partial charge in [-0.1, -0.05) is 39.3 Å². The molecule has 1 fully saturated rings. The number of aliphatic imine (C=N–C) groups is 1. The lowest BCUT2D eigenvalue weighted by Gasteiger charge is -1.98. The highest BCUT2D eigenvalue weighted by Gasteiger charge is 2.24. The normalized spacial score (nSPS) is 16.6. The lowest BCUT2D eigenvalue weighted by Crippen LogP contribution is -2.19. The summed E-state index contributed by atoms with van der Waals surface area (Å²) in [5.41, 5.74) is 0.764. The molecule has 1 aliphatic heterocycles. The van der Waals surface area contributed by atoms with Crippen molar-refractivity contribution in [2.75, 3.05) is 0 Å². The molecule has 2 aromatic carbocycles. The van der Waals surface area contributed by atoms with Crippen LogP contribution in [0.5, 0.6) is 0 Å². The Hall–Kier alpha value is -1.45. The summed E-state index contributed by atoms with van der Waals surface area (Å²) in [5.74, 6) is 0.376. The zero-order valence-electron chi connectivity index (χ0n) is 14.5. The van der Waals surface area contributed by atoms with E-state index >= 15 is 0 Å². The molecule has 0 radical (unpaired) electrons. The van der Waals surface area contributed by atoms with Crippen molar-refractivity contribution in [1.82, 2.24) is 5.32 Å². The van der Waals surface area contributed by atoms with Crippen molar-refractivity contribution in [2.24, 2.45) is 4.99 Å². The van der Waals surface area contributed by atoms with Gasteiger partial charge in [-0.05, 0) is 82.3 Å². The van der Waals surface area contributed by atoms with E-state index in [2.05, 4.69) is 42.2 Å². The van der Waals surface area contributed by atoms with Gasteiger partial charge in [0, 0.05) is 20.5 Å². The van der Waals surface area contributed by atoms with Gasteiger partial charge in [-0.25, -0.2) is 4.99 Å². The van der Waals surface area contributed by atoms with Gasteiger partial charge in [0.15, 0.2) is 10.3 Å². The third-order valence-electron chi connectivity index (χ3n) is 3.68. The molecule has 1 N–H and O–H groups in total. The van der Waals surface area contributed by atoms with E-state index < -0.39 is 0 Å². The lowest BCUT2D eigenvalue weighted by molar-refractivity contribution is -0.115. The third kappa shape index (κ3) is 5.38. The molecule has 0 bridgehead atoms. The molecule has 2 heterocycles. The van der Waals surface area contributed by atoms with Gasteiger partial charge in [-0.2, -0.15) is 0 Å². The molecule has 29 heavy (non-hydrogen) atoms. The van der Waals surface area contributed by atoms with Gasteiger partial charge in [0.1, 0.15) is 5.76 Å². The molecule has 0 spiro atoms. The highest BCUT2D eigenvalue weighted by atomic mass is 79.9. The second kappa shape index (κ2) is 9.14. The Balaban J connectivity index is 1.51. The Kier molecular flexibility index (Phi) is 6.56. The molecular weight excluding hydrogens is 560 g/mol. The average Bonchev–Trinajstić information content (AvgIpc) is 3.21. The van der Waals surface area contributed by atoms with Crippen molar-refractivity contribution in [3.8, 4) is 0 Å². The van der Waals surface area contributed by atoms with Gasteiger partial charge < -0.3 is 9.73 Å². The predicted octanol–water partition coefficient (Wildman–Crippen LogP) is 7.50. The van der Waals surface area contributed by atoms with Crippen LogP contribution in [0.2, 0.25) is 5.02 Å². The van der Waals surface area contributed by atoms with E-state index in [9.17, 15) is 4.79 Å². The van der Waals surface area contributed by atoms with Crippen molar-refractivity contribution >= 4 is 89.8 Å². The third-order valence-corrected chi connectivity index (χ3v) is 7.22. The first kappa shape index (κ1) is 20.8. The number of benzene rings is 2. The monoisotopic (exact) mass is 568 g/mol. The molecule has 9 heteroatoms. The van der Waals surface area contributed by atoms with Gasteiger partial charge in [0.25, 0.3) is 5.91 Å². The Morgan fingerprint density at radius 2 is 1.83 bits per heavy atom. The van der Waals surface area contributed by atoms with Gasteiger partial charge in [-0.3, -0.25) is 4.79 Å². The van der Waals surface area contributed by atoms with E-state index in [-0.39, 0.29) is 5.91 Å². The molecule has 4 nitrogen and oxygen atoms in total. The molecule has 0 saturated carbocycles. The topological polar surface area (TPSA) is 54.6 Å². The second-order valence-electron chi connectivity index (χ2n) is 5.80. The quantitative estimate of drug-likeness (QED) is 0.330. The van der Waals surface area contributed by atoms with Crippen LogP contribution < -0.4 is 5.32 Å². The highest BCUT2D eigenvalue weighted by molar-refractivity contribution is 9.10. The molecular formula is C20H11Br2ClN2O2S2. The number of rotatable bonds is 4. The number of amidine groups is 1. The molecule has 1 aliphatic rings. The van der Waals surface area contributed by atoms with E-state index in [1.54, 1.807) is 6.08 Å². The molecule has 0 aliphatic carbocycles. The molecule has 0 atom stereocenters. The summed E-state index contributed by atoms with van der Waals surface area (Å²) in [7, 11) is 0. The summed E-state index contributed by atoms with van der Waals surface area (Å²) in [4.78, 5) is 18.3. The Morgan fingerprint density at radius 1 is 1.10 bits per heavy atom. The van der Waals surface area contributed by atoms with E-state index in [0.717, 1.165) is 19.5 Å². The number of carbonyl (C=O) groups excluding carboxylic acids is 1. The number of carbonyl (C=O) groups is 1. The number of furan rings is 1. The maximum absolute atomic E-state index is 12.3. The largest absolute Gasteiger partial charge is 0.449 e. The first-order valence-corrected chi connectivity index (χ1v) is 11.8. The molecule has 3 aromatic rings. The van der Waals surface area contributed by atoms with E-state index in [1.165, 1.54) is 23.5 Å². The van der Waals surface area contributed by atoms with Crippen molar-refractivity contribution in [2.45, 2.75) is 9.99 Å². The number of hydrogen-bond acceptors (Lipinski definition) is 5. The maximum atomic E-state index is 12.3. The molecule has 1 aromatic heterocycles. The molecule has 146 valence electrons. The summed E-state index contributed by atoms with van der Waals surface area (Å²) in [6.07, 6.45) is 1.71. The Morgan fingerprint density at radius 3 is 2.55 bits per heavy atom. The minimum atomic E-state index is -0.203. The van der Waals surface area contributed by atoms with Gasteiger partial charge in [0.2, 0.25) is 0 Å². The number of nitrogens with zero attached hydrogens (tertiary/aromatic N) is 1. The fourth-order valence-corrected chi connectivity index (χ4v) is 4.90. The van der Waals surface area contributed by atoms with Gasteiger partial charge in [-0.15, -0.1) is 0 Å². The fraction of sp³-hybridized carbons (Fsp3) is 0. The lowest BCUT2D eigenvalue weighted by atomic mass is 10.3.